The predicted molar refractivity (Wildman–Crippen MR) is 139 cm³/mol. The molecule has 0 amide bonds. The Kier molecular flexibility index (Phi) is 12.4. The van der Waals surface area contributed by atoms with Crippen molar-refractivity contribution in [1.29, 1.82) is 0 Å². The summed E-state index contributed by atoms with van der Waals surface area (Å²) in [6, 6.07) is 21.0. The Morgan fingerprint density at radius 2 is 0.875 bits per heavy atom. The Bertz CT molecular complexity index is 668. The molecule has 0 aliphatic rings. The van der Waals surface area contributed by atoms with E-state index in [1.165, 1.54) is 49.7 Å². The van der Waals surface area contributed by atoms with Crippen LogP contribution in [0.4, 0.5) is 0 Å². The van der Waals surface area contributed by atoms with Gasteiger partial charge in [0.1, 0.15) is 5.78 Å². The Morgan fingerprint density at radius 3 is 1.22 bits per heavy atom. The highest BCUT2D eigenvalue weighted by Gasteiger charge is 2.28. The summed E-state index contributed by atoms with van der Waals surface area (Å²) in [5, 5.41) is 0. The lowest BCUT2D eigenvalue weighted by Gasteiger charge is -2.24. The molecule has 0 radical (unpaired) electrons. The first-order chi connectivity index (χ1) is 15.5. The molecule has 0 aliphatic heterocycles. The summed E-state index contributed by atoms with van der Waals surface area (Å²) in [6.07, 6.45) is 11.8. The van der Waals surface area contributed by atoms with Gasteiger partial charge in [0.15, 0.2) is 0 Å². The van der Waals surface area contributed by atoms with Gasteiger partial charge in [0.2, 0.25) is 0 Å². The van der Waals surface area contributed by atoms with E-state index < -0.39 is 0 Å². The van der Waals surface area contributed by atoms with E-state index in [1.807, 2.05) is 0 Å². The molecule has 0 N–H and O–H groups in total. The van der Waals surface area contributed by atoms with Crippen LogP contribution in [-0.4, -0.2) is 5.78 Å². The van der Waals surface area contributed by atoms with E-state index in [0.29, 0.717) is 5.78 Å². The number of unbranched alkanes of at least 4 members (excludes halogenated alkanes) is 4. The Labute approximate surface area is 198 Å². The lowest BCUT2D eigenvalue weighted by molar-refractivity contribution is -0.122. The molecule has 0 spiro atoms. The van der Waals surface area contributed by atoms with Crippen LogP contribution in [0.2, 0.25) is 0 Å². The molecule has 0 heterocycles. The highest BCUT2D eigenvalue weighted by molar-refractivity contribution is 5.91. The Morgan fingerprint density at radius 1 is 0.531 bits per heavy atom. The van der Waals surface area contributed by atoms with Crippen molar-refractivity contribution in [3.63, 3.8) is 0 Å². The van der Waals surface area contributed by atoms with E-state index in [2.05, 4.69) is 88.4 Å². The Hall–Kier alpha value is -1.89. The normalized spacial score (nSPS) is 13.4. The quantitative estimate of drug-likeness (QED) is 0.240. The molecular weight excluding hydrogens is 388 g/mol. The average Bonchev–Trinajstić information content (AvgIpc) is 2.79. The van der Waals surface area contributed by atoms with Crippen molar-refractivity contribution in [1.82, 2.24) is 0 Å². The first-order valence-electron chi connectivity index (χ1n) is 13.1. The summed E-state index contributed by atoms with van der Waals surface area (Å²) < 4.78 is 0. The molecule has 2 atom stereocenters. The molecule has 2 rings (SSSR count). The van der Waals surface area contributed by atoms with Crippen molar-refractivity contribution >= 4 is 5.78 Å². The van der Waals surface area contributed by atoms with Crippen molar-refractivity contribution in [2.45, 2.75) is 104 Å². The number of hydrogen-bond donors (Lipinski definition) is 0. The van der Waals surface area contributed by atoms with E-state index in [4.69, 9.17) is 0 Å². The zero-order valence-corrected chi connectivity index (χ0v) is 21.1. The SMILES string of the molecule is CC(C)CCCCCC(C(=O)C(CCCCCC(C)C)c1ccccc1)c1ccccc1. The first-order valence-corrected chi connectivity index (χ1v) is 13.1. The second kappa shape index (κ2) is 15.0. The number of Topliss-reactive ketones (excluding diaryl/α,β-unsaturated/α-hetero) is 1. The summed E-state index contributed by atoms with van der Waals surface area (Å²) in [7, 11) is 0. The lowest BCUT2D eigenvalue weighted by Crippen LogP contribution is -2.21. The second-order valence-electron chi connectivity index (χ2n) is 10.4. The van der Waals surface area contributed by atoms with Gasteiger partial charge in [-0.1, -0.05) is 140 Å². The van der Waals surface area contributed by atoms with Crippen LogP contribution in [0, 0.1) is 11.8 Å². The molecule has 1 nitrogen and oxygen atoms in total. The largest absolute Gasteiger partial charge is 0.298 e. The van der Waals surface area contributed by atoms with Gasteiger partial charge in [0, 0.05) is 11.8 Å². The van der Waals surface area contributed by atoms with Gasteiger partial charge in [-0.2, -0.15) is 0 Å². The summed E-state index contributed by atoms with van der Waals surface area (Å²) in [5.74, 6) is 1.97. The first kappa shape index (κ1) is 26.4. The number of rotatable bonds is 16. The molecule has 0 saturated heterocycles. The van der Waals surface area contributed by atoms with Gasteiger partial charge in [-0.15, -0.1) is 0 Å². The van der Waals surface area contributed by atoms with Crippen molar-refractivity contribution < 1.29 is 4.79 Å². The van der Waals surface area contributed by atoms with Gasteiger partial charge in [-0.3, -0.25) is 4.79 Å². The number of hydrogen-bond acceptors (Lipinski definition) is 1. The molecule has 2 aromatic carbocycles. The fraction of sp³-hybridized carbons (Fsp3) is 0.581. The average molecular weight is 435 g/mol. The van der Waals surface area contributed by atoms with Crippen molar-refractivity contribution in [3.05, 3.63) is 71.8 Å². The fourth-order valence-electron chi connectivity index (χ4n) is 4.72. The van der Waals surface area contributed by atoms with Crippen molar-refractivity contribution in [2.75, 3.05) is 0 Å². The highest BCUT2D eigenvalue weighted by atomic mass is 16.1. The van der Waals surface area contributed by atoms with E-state index in [9.17, 15) is 4.79 Å². The third-order valence-corrected chi connectivity index (χ3v) is 6.64. The van der Waals surface area contributed by atoms with Crippen LogP contribution in [0.15, 0.2) is 60.7 Å². The molecule has 0 fully saturated rings. The predicted octanol–water partition coefficient (Wildman–Crippen LogP) is 9.34. The van der Waals surface area contributed by atoms with Crippen LogP contribution < -0.4 is 0 Å². The van der Waals surface area contributed by atoms with E-state index in [1.54, 1.807) is 0 Å². The van der Waals surface area contributed by atoms with Crippen molar-refractivity contribution in [2.24, 2.45) is 11.8 Å². The molecular formula is C31H46O. The third-order valence-electron chi connectivity index (χ3n) is 6.64. The van der Waals surface area contributed by atoms with Gasteiger partial charge in [-0.25, -0.2) is 0 Å². The Balaban J connectivity index is 2.10. The molecule has 1 heteroatoms. The minimum Gasteiger partial charge on any atom is -0.298 e. The maximum atomic E-state index is 14.0. The lowest BCUT2D eigenvalue weighted by atomic mass is 9.79. The standard InChI is InChI=1S/C31H46O/c1-25(2)17-9-5-15-23-29(27-19-11-7-12-20-27)31(32)30(28-21-13-8-14-22-28)24-16-6-10-18-26(3)4/h7-8,11-14,19-22,25-26,29-30H,5-6,9-10,15-18,23-24H2,1-4H3. The molecule has 0 saturated carbocycles. The number of carbonyl (C=O) groups is 1. The van der Waals surface area contributed by atoms with Gasteiger partial charge in [-0.05, 0) is 35.8 Å². The molecule has 2 unspecified atom stereocenters. The van der Waals surface area contributed by atoms with Crippen LogP contribution in [0.3, 0.4) is 0 Å². The van der Waals surface area contributed by atoms with Crippen LogP contribution in [0.5, 0.6) is 0 Å². The molecule has 2 aromatic rings. The maximum Gasteiger partial charge on any atom is 0.147 e. The van der Waals surface area contributed by atoms with Gasteiger partial charge in [0.05, 0.1) is 0 Å². The molecule has 176 valence electrons. The summed E-state index contributed by atoms with van der Waals surface area (Å²) >= 11 is 0. The summed E-state index contributed by atoms with van der Waals surface area (Å²) in [5.41, 5.74) is 2.39. The molecule has 0 bridgehead atoms. The van der Waals surface area contributed by atoms with Crippen LogP contribution in [-0.2, 0) is 4.79 Å². The molecule has 32 heavy (non-hydrogen) atoms. The zero-order chi connectivity index (χ0) is 23.2. The van der Waals surface area contributed by atoms with Crippen LogP contribution in [0.25, 0.3) is 0 Å². The summed E-state index contributed by atoms with van der Waals surface area (Å²) in [4.78, 5) is 14.0. The second-order valence-corrected chi connectivity index (χ2v) is 10.4. The van der Waals surface area contributed by atoms with Crippen LogP contribution >= 0.6 is 0 Å². The highest BCUT2D eigenvalue weighted by Crippen LogP contribution is 2.34. The van der Waals surface area contributed by atoms with Crippen molar-refractivity contribution in [3.8, 4) is 0 Å². The minimum absolute atomic E-state index is 0.0103. The van der Waals surface area contributed by atoms with E-state index in [0.717, 1.165) is 37.5 Å². The van der Waals surface area contributed by atoms with E-state index in [-0.39, 0.29) is 11.8 Å². The topological polar surface area (TPSA) is 17.1 Å². The maximum absolute atomic E-state index is 14.0. The summed E-state index contributed by atoms with van der Waals surface area (Å²) in [6.45, 7) is 9.17. The minimum atomic E-state index is 0.0103. The van der Waals surface area contributed by atoms with Gasteiger partial charge < -0.3 is 0 Å². The van der Waals surface area contributed by atoms with E-state index >= 15 is 0 Å². The van der Waals surface area contributed by atoms with Gasteiger partial charge in [0.25, 0.3) is 0 Å². The fourth-order valence-corrected chi connectivity index (χ4v) is 4.72. The number of carbonyl (C=O) groups excluding carboxylic acids is 1. The molecule has 0 aliphatic carbocycles. The monoisotopic (exact) mass is 434 g/mol. The molecule has 0 aromatic heterocycles. The third kappa shape index (κ3) is 9.72. The number of benzene rings is 2. The van der Waals surface area contributed by atoms with Gasteiger partial charge >= 0.3 is 0 Å². The van der Waals surface area contributed by atoms with Crippen LogP contribution in [0.1, 0.15) is 115 Å². The zero-order valence-electron chi connectivity index (χ0n) is 21.1. The number of ketones is 1. The smallest absolute Gasteiger partial charge is 0.147 e.